The Labute approximate surface area is 108 Å². The van der Waals surface area contributed by atoms with Crippen molar-refractivity contribution in [3.63, 3.8) is 0 Å². The monoisotopic (exact) mass is 292 g/mol. The van der Waals surface area contributed by atoms with Gasteiger partial charge in [0.25, 0.3) is 0 Å². The van der Waals surface area contributed by atoms with Crippen molar-refractivity contribution < 1.29 is 4.74 Å². The fourth-order valence-corrected chi connectivity index (χ4v) is 2.61. The molecule has 1 atom stereocenters. The third kappa shape index (κ3) is 2.19. The third-order valence-corrected chi connectivity index (χ3v) is 3.61. The molecule has 0 amide bonds. The fourth-order valence-electron chi connectivity index (χ4n) is 2.26. The zero-order valence-corrected chi connectivity index (χ0v) is 11.0. The summed E-state index contributed by atoms with van der Waals surface area (Å²) in [5.41, 5.74) is 2.00. The summed E-state index contributed by atoms with van der Waals surface area (Å²) in [5, 5.41) is 1.10. The second kappa shape index (κ2) is 4.70. The molecule has 0 spiro atoms. The maximum absolute atomic E-state index is 5.80. The molecule has 1 aromatic carbocycles. The van der Waals surface area contributed by atoms with Crippen LogP contribution in [0.3, 0.4) is 0 Å². The molecule has 1 unspecified atom stereocenters. The highest BCUT2D eigenvalue weighted by molar-refractivity contribution is 9.10. The zero-order chi connectivity index (χ0) is 11.7. The van der Waals surface area contributed by atoms with E-state index in [9.17, 15) is 0 Å². The van der Waals surface area contributed by atoms with E-state index in [1.165, 1.54) is 6.42 Å². The van der Waals surface area contributed by atoms with E-state index in [1.807, 2.05) is 12.1 Å². The van der Waals surface area contributed by atoms with Gasteiger partial charge in [-0.2, -0.15) is 0 Å². The molecule has 1 aromatic heterocycles. The van der Waals surface area contributed by atoms with Gasteiger partial charge in [0, 0.05) is 16.5 Å². The van der Waals surface area contributed by atoms with Crippen LogP contribution in [0, 0.1) is 0 Å². The molecule has 1 fully saturated rings. The molecule has 0 aliphatic carbocycles. The summed E-state index contributed by atoms with van der Waals surface area (Å²) in [4.78, 5) is 8.71. The van der Waals surface area contributed by atoms with E-state index in [2.05, 4.69) is 32.0 Å². The summed E-state index contributed by atoms with van der Waals surface area (Å²) >= 11 is 3.46. The average molecular weight is 293 g/mol. The van der Waals surface area contributed by atoms with E-state index in [0.29, 0.717) is 0 Å². The van der Waals surface area contributed by atoms with Crippen LogP contribution < -0.4 is 0 Å². The summed E-state index contributed by atoms with van der Waals surface area (Å²) in [6.07, 6.45) is 5.19. The van der Waals surface area contributed by atoms with Crippen molar-refractivity contribution in [2.24, 2.45) is 0 Å². The highest BCUT2D eigenvalue weighted by Gasteiger charge is 2.19. The van der Waals surface area contributed by atoms with Crippen LogP contribution in [0.25, 0.3) is 10.9 Å². The van der Waals surface area contributed by atoms with Crippen molar-refractivity contribution in [1.82, 2.24) is 9.97 Å². The van der Waals surface area contributed by atoms with Crippen LogP contribution in [0.1, 0.15) is 31.1 Å². The maximum Gasteiger partial charge on any atom is 0.116 e. The van der Waals surface area contributed by atoms with Gasteiger partial charge in [-0.15, -0.1) is 0 Å². The quantitative estimate of drug-likeness (QED) is 0.805. The predicted octanol–water partition coefficient (Wildman–Crippen LogP) is 3.63. The number of ether oxygens (including phenoxy) is 1. The summed E-state index contributed by atoms with van der Waals surface area (Å²) in [6, 6.07) is 6.11. The molecule has 4 heteroatoms. The molecule has 88 valence electrons. The first-order valence-electron chi connectivity index (χ1n) is 5.86. The number of benzene rings is 1. The Hall–Kier alpha value is -1.00. The van der Waals surface area contributed by atoms with Gasteiger partial charge in [0.2, 0.25) is 0 Å². The number of fused-ring (bicyclic) bond motifs is 1. The van der Waals surface area contributed by atoms with Gasteiger partial charge >= 0.3 is 0 Å². The van der Waals surface area contributed by atoms with Crippen molar-refractivity contribution in [2.75, 3.05) is 6.61 Å². The smallest absolute Gasteiger partial charge is 0.116 e. The van der Waals surface area contributed by atoms with Gasteiger partial charge in [0.05, 0.1) is 11.2 Å². The van der Waals surface area contributed by atoms with Crippen molar-refractivity contribution in [3.8, 4) is 0 Å². The third-order valence-electron chi connectivity index (χ3n) is 3.11. The Bertz CT molecular complexity index is 538. The summed E-state index contributed by atoms with van der Waals surface area (Å²) < 4.78 is 6.84. The van der Waals surface area contributed by atoms with Crippen LogP contribution in [-0.4, -0.2) is 16.6 Å². The minimum Gasteiger partial charge on any atom is -0.372 e. The summed E-state index contributed by atoms with van der Waals surface area (Å²) in [7, 11) is 0. The fraction of sp³-hybridized carbons (Fsp3) is 0.385. The van der Waals surface area contributed by atoms with Gasteiger partial charge < -0.3 is 4.74 Å². The van der Waals surface area contributed by atoms with E-state index in [4.69, 9.17) is 4.74 Å². The number of hydrogen-bond acceptors (Lipinski definition) is 3. The molecule has 1 saturated heterocycles. The van der Waals surface area contributed by atoms with E-state index < -0.39 is 0 Å². The molecule has 2 heterocycles. The van der Waals surface area contributed by atoms with Crippen molar-refractivity contribution >= 4 is 26.8 Å². The van der Waals surface area contributed by atoms with Crippen LogP contribution in [-0.2, 0) is 4.74 Å². The van der Waals surface area contributed by atoms with Crippen LogP contribution in [0.5, 0.6) is 0 Å². The molecule has 17 heavy (non-hydrogen) atoms. The Balaban J connectivity index is 2.09. The lowest BCUT2D eigenvalue weighted by Crippen LogP contribution is -2.13. The van der Waals surface area contributed by atoms with Gasteiger partial charge in [-0.1, -0.05) is 15.9 Å². The van der Waals surface area contributed by atoms with Crippen molar-refractivity contribution in [2.45, 2.75) is 25.4 Å². The molecular weight excluding hydrogens is 280 g/mol. The average Bonchev–Trinajstić information content (AvgIpc) is 2.39. The van der Waals surface area contributed by atoms with Gasteiger partial charge in [0.15, 0.2) is 0 Å². The lowest BCUT2D eigenvalue weighted by molar-refractivity contribution is 0.0132. The first kappa shape index (κ1) is 11.1. The Morgan fingerprint density at radius 3 is 3.00 bits per heavy atom. The Morgan fingerprint density at radius 2 is 2.18 bits per heavy atom. The minimum absolute atomic E-state index is 0.135. The molecule has 0 N–H and O–H groups in total. The van der Waals surface area contributed by atoms with Gasteiger partial charge in [-0.3, -0.25) is 0 Å². The molecule has 0 radical (unpaired) electrons. The Kier molecular flexibility index (Phi) is 3.07. The topological polar surface area (TPSA) is 35.0 Å². The maximum atomic E-state index is 5.80. The highest BCUT2D eigenvalue weighted by atomic mass is 79.9. The Morgan fingerprint density at radius 1 is 1.24 bits per heavy atom. The second-order valence-corrected chi connectivity index (χ2v) is 5.19. The molecule has 1 aliphatic rings. The first-order chi connectivity index (χ1) is 8.34. The molecule has 2 aromatic rings. The highest BCUT2D eigenvalue weighted by Crippen LogP contribution is 2.31. The van der Waals surface area contributed by atoms with Crippen LogP contribution in [0.4, 0.5) is 0 Å². The lowest BCUT2D eigenvalue weighted by Gasteiger charge is -2.22. The first-order valence-corrected chi connectivity index (χ1v) is 6.65. The molecule has 0 bridgehead atoms. The van der Waals surface area contributed by atoms with E-state index in [-0.39, 0.29) is 6.10 Å². The van der Waals surface area contributed by atoms with Crippen LogP contribution >= 0.6 is 15.9 Å². The van der Waals surface area contributed by atoms with Crippen LogP contribution in [0.2, 0.25) is 0 Å². The predicted molar refractivity (Wildman–Crippen MR) is 69.8 cm³/mol. The molecule has 3 nitrogen and oxygen atoms in total. The molecule has 1 aliphatic heterocycles. The zero-order valence-electron chi connectivity index (χ0n) is 9.40. The second-order valence-electron chi connectivity index (χ2n) is 4.28. The van der Waals surface area contributed by atoms with E-state index >= 15 is 0 Å². The molecule has 0 saturated carbocycles. The van der Waals surface area contributed by atoms with Gasteiger partial charge in [0.1, 0.15) is 12.4 Å². The van der Waals surface area contributed by atoms with Crippen molar-refractivity contribution in [1.29, 1.82) is 0 Å². The number of aromatic nitrogens is 2. The standard InChI is InChI=1S/C13H13BrN2O/c14-9-4-5-10-11(7-9)15-8-16-13(10)12-3-1-2-6-17-12/h4-5,7-8,12H,1-3,6H2. The van der Waals surface area contributed by atoms with Gasteiger partial charge in [-0.25, -0.2) is 9.97 Å². The molecular formula is C13H13BrN2O. The lowest BCUT2D eigenvalue weighted by atomic mass is 10.0. The SMILES string of the molecule is Brc1ccc2c(C3CCCCO3)ncnc2c1. The van der Waals surface area contributed by atoms with Crippen molar-refractivity contribution in [3.05, 3.63) is 34.7 Å². The van der Waals surface area contributed by atoms with Crippen LogP contribution in [0.15, 0.2) is 29.0 Å². The summed E-state index contributed by atoms with van der Waals surface area (Å²) in [6.45, 7) is 0.840. The van der Waals surface area contributed by atoms with E-state index in [0.717, 1.165) is 40.5 Å². The number of hydrogen-bond donors (Lipinski definition) is 0. The van der Waals surface area contributed by atoms with E-state index in [1.54, 1.807) is 6.33 Å². The number of rotatable bonds is 1. The number of nitrogens with zero attached hydrogens (tertiary/aromatic N) is 2. The molecule has 3 rings (SSSR count). The number of halogens is 1. The normalized spacial score (nSPS) is 20.6. The minimum atomic E-state index is 0.135. The largest absolute Gasteiger partial charge is 0.372 e. The summed E-state index contributed by atoms with van der Waals surface area (Å²) in [5.74, 6) is 0. The van der Waals surface area contributed by atoms with Gasteiger partial charge in [-0.05, 0) is 37.5 Å².